The first-order chi connectivity index (χ1) is 14.3. The maximum Gasteiger partial charge on any atom is 0.339 e. The summed E-state index contributed by atoms with van der Waals surface area (Å²) in [5, 5.41) is 2.72. The Labute approximate surface area is 175 Å². The van der Waals surface area contributed by atoms with E-state index in [0.29, 0.717) is 11.3 Å². The molecule has 5 heteroatoms. The molecule has 0 atom stereocenters. The molecule has 5 nitrogen and oxygen atoms in total. The predicted octanol–water partition coefficient (Wildman–Crippen LogP) is 4.64. The molecule has 0 fully saturated rings. The van der Waals surface area contributed by atoms with Crippen molar-refractivity contribution in [3.8, 4) is 0 Å². The number of amides is 1. The molecule has 1 N–H and O–H groups in total. The van der Waals surface area contributed by atoms with Gasteiger partial charge in [0.05, 0.1) is 5.56 Å². The van der Waals surface area contributed by atoms with Crippen LogP contribution in [0.25, 0.3) is 0 Å². The van der Waals surface area contributed by atoms with Crippen molar-refractivity contribution < 1.29 is 19.1 Å². The minimum absolute atomic E-state index is 0.127. The van der Waals surface area contributed by atoms with Crippen LogP contribution >= 0.6 is 0 Å². The van der Waals surface area contributed by atoms with Gasteiger partial charge in [-0.05, 0) is 50.1 Å². The van der Waals surface area contributed by atoms with Gasteiger partial charge in [0.25, 0.3) is 5.91 Å². The van der Waals surface area contributed by atoms with Gasteiger partial charge in [-0.1, -0.05) is 54.1 Å². The third-order valence-electron chi connectivity index (χ3n) is 4.55. The van der Waals surface area contributed by atoms with Crippen LogP contribution in [0.4, 0.5) is 5.69 Å². The first-order valence-electron chi connectivity index (χ1n) is 9.59. The summed E-state index contributed by atoms with van der Waals surface area (Å²) in [5.74, 6) is -1.44. The summed E-state index contributed by atoms with van der Waals surface area (Å²) in [6.07, 6.45) is 0. The van der Waals surface area contributed by atoms with Gasteiger partial charge in [0.15, 0.2) is 12.4 Å². The molecule has 0 heterocycles. The molecule has 30 heavy (non-hydrogen) atoms. The van der Waals surface area contributed by atoms with Crippen LogP contribution in [0.1, 0.15) is 43.0 Å². The molecular formula is C25H23NO4. The van der Waals surface area contributed by atoms with Gasteiger partial charge in [-0.3, -0.25) is 9.59 Å². The summed E-state index contributed by atoms with van der Waals surface area (Å²) in [7, 11) is 0. The van der Waals surface area contributed by atoms with Crippen molar-refractivity contribution in [2.45, 2.75) is 20.8 Å². The number of carbonyl (C=O) groups is 3. The molecular weight excluding hydrogens is 378 g/mol. The molecule has 1 amide bonds. The number of ketones is 1. The Morgan fingerprint density at radius 1 is 0.767 bits per heavy atom. The smallest absolute Gasteiger partial charge is 0.339 e. The SMILES string of the molecule is Cc1ccc(C(=O)c2ccccc2C(=O)OCC(=O)Nc2cc(C)cc(C)c2)cc1. The average Bonchev–Trinajstić information content (AvgIpc) is 2.71. The summed E-state index contributed by atoms with van der Waals surface area (Å²) < 4.78 is 5.17. The lowest BCUT2D eigenvalue weighted by Crippen LogP contribution is -2.22. The molecule has 0 unspecified atom stereocenters. The zero-order valence-corrected chi connectivity index (χ0v) is 17.2. The summed E-state index contributed by atoms with van der Waals surface area (Å²) in [6.45, 7) is 5.36. The second-order valence-corrected chi connectivity index (χ2v) is 7.24. The van der Waals surface area contributed by atoms with Crippen molar-refractivity contribution in [3.63, 3.8) is 0 Å². The maximum atomic E-state index is 12.8. The lowest BCUT2D eigenvalue weighted by atomic mass is 9.98. The van der Waals surface area contributed by atoms with Crippen LogP contribution in [0.3, 0.4) is 0 Å². The number of aryl methyl sites for hydroxylation is 3. The number of esters is 1. The molecule has 0 aromatic heterocycles. The van der Waals surface area contributed by atoms with E-state index < -0.39 is 18.5 Å². The number of carbonyl (C=O) groups excluding carboxylic acids is 3. The molecule has 0 spiro atoms. The minimum Gasteiger partial charge on any atom is -0.452 e. The van der Waals surface area contributed by atoms with Gasteiger partial charge in [-0.25, -0.2) is 4.79 Å². The summed E-state index contributed by atoms with van der Waals surface area (Å²) in [5.41, 5.74) is 4.56. The second kappa shape index (κ2) is 9.18. The number of nitrogens with one attached hydrogen (secondary N) is 1. The quantitative estimate of drug-likeness (QED) is 0.482. The number of anilines is 1. The van der Waals surface area contributed by atoms with Crippen molar-refractivity contribution in [2.24, 2.45) is 0 Å². The van der Waals surface area contributed by atoms with Gasteiger partial charge in [-0.2, -0.15) is 0 Å². The zero-order chi connectivity index (χ0) is 21.7. The largest absolute Gasteiger partial charge is 0.452 e. The molecule has 0 aliphatic rings. The van der Waals surface area contributed by atoms with E-state index in [2.05, 4.69) is 5.32 Å². The van der Waals surface area contributed by atoms with E-state index in [1.807, 2.05) is 51.1 Å². The number of benzene rings is 3. The van der Waals surface area contributed by atoms with Crippen LogP contribution in [0.2, 0.25) is 0 Å². The number of ether oxygens (including phenoxy) is 1. The standard InChI is InChI=1S/C25H23NO4/c1-16-8-10-19(11-9-16)24(28)21-6-4-5-7-22(21)25(29)30-15-23(27)26-20-13-17(2)12-18(3)14-20/h4-14H,15H2,1-3H3,(H,26,27). The van der Waals surface area contributed by atoms with Crippen molar-refractivity contribution in [3.05, 3.63) is 100 Å². The fourth-order valence-electron chi connectivity index (χ4n) is 3.17. The van der Waals surface area contributed by atoms with Crippen LogP contribution < -0.4 is 5.32 Å². The molecule has 3 aromatic rings. The van der Waals surface area contributed by atoms with Crippen molar-refractivity contribution in [1.82, 2.24) is 0 Å². The van der Waals surface area contributed by atoms with Crippen molar-refractivity contribution >= 4 is 23.3 Å². The van der Waals surface area contributed by atoms with E-state index >= 15 is 0 Å². The molecule has 0 aliphatic heterocycles. The molecule has 152 valence electrons. The Bertz CT molecular complexity index is 1080. The van der Waals surface area contributed by atoms with E-state index in [1.165, 1.54) is 6.07 Å². The van der Waals surface area contributed by atoms with Gasteiger partial charge in [0.2, 0.25) is 0 Å². The highest BCUT2D eigenvalue weighted by molar-refractivity contribution is 6.14. The van der Waals surface area contributed by atoms with Crippen LogP contribution in [0, 0.1) is 20.8 Å². The maximum absolute atomic E-state index is 12.8. The number of rotatable bonds is 6. The van der Waals surface area contributed by atoms with Crippen LogP contribution in [-0.4, -0.2) is 24.3 Å². The van der Waals surface area contributed by atoms with Gasteiger partial charge in [-0.15, -0.1) is 0 Å². The van der Waals surface area contributed by atoms with E-state index in [-0.39, 0.29) is 16.9 Å². The molecule has 3 rings (SSSR count). The molecule has 0 bridgehead atoms. The summed E-state index contributed by atoms with van der Waals surface area (Å²) in [4.78, 5) is 37.6. The van der Waals surface area contributed by atoms with Gasteiger partial charge in [0.1, 0.15) is 0 Å². The third-order valence-corrected chi connectivity index (χ3v) is 4.55. The second-order valence-electron chi connectivity index (χ2n) is 7.24. The highest BCUT2D eigenvalue weighted by atomic mass is 16.5. The highest BCUT2D eigenvalue weighted by Crippen LogP contribution is 2.17. The molecule has 0 radical (unpaired) electrons. The topological polar surface area (TPSA) is 72.5 Å². The van der Waals surface area contributed by atoms with Gasteiger partial charge < -0.3 is 10.1 Å². The van der Waals surface area contributed by atoms with Crippen molar-refractivity contribution in [1.29, 1.82) is 0 Å². The van der Waals surface area contributed by atoms with Crippen LogP contribution in [-0.2, 0) is 9.53 Å². The third kappa shape index (κ3) is 5.20. The first kappa shape index (κ1) is 21.0. The monoisotopic (exact) mass is 401 g/mol. The summed E-state index contributed by atoms with van der Waals surface area (Å²) >= 11 is 0. The Morgan fingerprint density at radius 3 is 2.00 bits per heavy atom. The Balaban J connectivity index is 1.69. The van der Waals surface area contributed by atoms with E-state index in [9.17, 15) is 14.4 Å². The zero-order valence-electron chi connectivity index (χ0n) is 17.2. The lowest BCUT2D eigenvalue weighted by Gasteiger charge is -2.10. The van der Waals surface area contributed by atoms with Crippen LogP contribution in [0.15, 0.2) is 66.7 Å². The highest BCUT2D eigenvalue weighted by Gasteiger charge is 2.20. The molecule has 3 aromatic carbocycles. The number of hydrogen-bond acceptors (Lipinski definition) is 4. The molecule has 0 aliphatic carbocycles. The fraction of sp³-hybridized carbons (Fsp3) is 0.160. The number of hydrogen-bond donors (Lipinski definition) is 1. The predicted molar refractivity (Wildman–Crippen MR) is 116 cm³/mol. The fourth-order valence-corrected chi connectivity index (χ4v) is 3.17. The van der Waals surface area contributed by atoms with Crippen molar-refractivity contribution in [2.75, 3.05) is 11.9 Å². The van der Waals surface area contributed by atoms with Gasteiger partial charge in [0, 0.05) is 16.8 Å². The normalized spacial score (nSPS) is 10.4. The first-order valence-corrected chi connectivity index (χ1v) is 9.59. The Hall–Kier alpha value is -3.73. The van der Waals surface area contributed by atoms with E-state index in [1.54, 1.807) is 30.3 Å². The van der Waals surface area contributed by atoms with Crippen LogP contribution in [0.5, 0.6) is 0 Å². The summed E-state index contributed by atoms with van der Waals surface area (Å²) in [6, 6.07) is 19.2. The van der Waals surface area contributed by atoms with Gasteiger partial charge >= 0.3 is 5.97 Å². The minimum atomic E-state index is -0.721. The Kier molecular flexibility index (Phi) is 6.42. The van der Waals surface area contributed by atoms with E-state index in [0.717, 1.165) is 16.7 Å². The Morgan fingerprint density at radius 2 is 1.37 bits per heavy atom. The molecule has 0 saturated heterocycles. The van der Waals surface area contributed by atoms with E-state index in [4.69, 9.17) is 4.74 Å². The molecule has 0 saturated carbocycles. The lowest BCUT2D eigenvalue weighted by molar-refractivity contribution is -0.119. The average molecular weight is 401 g/mol.